The number of hydrogen-bond donors (Lipinski definition) is 0. The van der Waals surface area contributed by atoms with Gasteiger partial charge in [0.15, 0.2) is 11.6 Å². The Balaban J connectivity index is 1.56. The quantitative estimate of drug-likeness (QED) is 0.223. The number of halogens is 1. The van der Waals surface area contributed by atoms with Gasteiger partial charge in [-0.1, -0.05) is 82.7 Å². The van der Waals surface area contributed by atoms with Crippen LogP contribution in [0.3, 0.4) is 0 Å². The van der Waals surface area contributed by atoms with Gasteiger partial charge in [-0.3, -0.25) is 14.4 Å². The van der Waals surface area contributed by atoms with E-state index in [1.165, 1.54) is 6.92 Å². The average Bonchev–Trinajstić information content (AvgIpc) is 2.82. The summed E-state index contributed by atoms with van der Waals surface area (Å²) in [5.41, 5.74) is 0.734. The number of esters is 1. The molecule has 0 aliphatic carbocycles. The van der Waals surface area contributed by atoms with Crippen LogP contribution in [0.25, 0.3) is 11.1 Å². The van der Waals surface area contributed by atoms with Crippen molar-refractivity contribution in [2.24, 2.45) is 10.8 Å². The molecule has 1 aliphatic rings. The molecular weight excluding hydrogens is 480 g/mol. The third kappa shape index (κ3) is 4.30. The van der Waals surface area contributed by atoms with Gasteiger partial charge in [0.1, 0.15) is 11.5 Å². The fourth-order valence-corrected chi connectivity index (χ4v) is 4.75. The highest BCUT2D eigenvalue weighted by Crippen LogP contribution is 2.49. The van der Waals surface area contributed by atoms with Crippen molar-refractivity contribution in [3.05, 3.63) is 94.5 Å². The van der Waals surface area contributed by atoms with E-state index < -0.39 is 22.9 Å². The first-order valence-electron chi connectivity index (χ1n) is 10.8. The SMILES string of the molecule is CC1(C)C(=O)[C@](C)(CC(=O)c2ccc(-c3ccccc3)cc2)C(=O)O[C@H]1c1ccc(Br)cc1. The molecule has 33 heavy (non-hydrogen) atoms. The van der Waals surface area contributed by atoms with Crippen LogP contribution >= 0.6 is 15.9 Å². The summed E-state index contributed by atoms with van der Waals surface area (Å²) in [5, 5.41) is 0. The highest BCUT2D eigenvalue weighted by Gasteiger charge is 2.58. The second kappa shape index (κ2) is 8.71. The van der Waals surface area contributed by atoms with Gasteiger partial charge in [0.05, 0.1) is 5.41 Å². The number of ether oxygens (including phenoxy) is 1. The predicted molar refractivity (Wildman–Crippen MR) is 131 cm³/mol. The smallest absolute Gasteiger partial charge is 0.320 e. The molecule has 1 heterocycles. The summed E-state index contributed by atoms with van der Waals surface area (Å²) in [6.45, 7) is 5.06. The van der Waals surface area contributed by atoms with Crippen molar-refractivity contribution in [2.75, 3.05) is 0 Å². The second-order valence-electron chi connectivity index (χ2n) is 9.26. The number of rotatable bonds is 5. The largest absolute Gasteiger partial charge is 0.456 e. The monoisotopic (exact) mass is 504 g/mol. The fourth-order valence-electron chi connectivity index (χ4n) is 4.48. The first-order chi connectivity index (χ1) is 15.6. The molecular formula is C28H25BrO4. The topological polar surface area (TPSA) is 60.4 Å². The maximum absolute atomic E-state index is 13.6. The zero-order valence-corrected chi connectivity index (χ0v) is 20.4. The minimum atomic E-state index is -1.54. The van der Waals surface area contributed by atoms with Gasteiger partial charge in [-0.05, 0) is 49.6 Å². The summed E-state index contributed by atoms with van der Waals surface area (Å²) in [7, 11) is 0. The van der Waals surface area contributed by atoms with E-state index in [2.05, 4.69) is 15.9 Å². The first kappa shape index (κ1) is 23.1. The number of hydrogen-bond acceptors (Lipinski definition) is 4. The van der Waals surface area contributed by atoms with Crippen molar-refractivity contribution in [1.29, 1.82) is 0 Å². The van der Waals surface area contributed by atoms with Crippen molar-refractivity contribution in [3.8, 4) is 11.1 Å². The van der Waals surface area contributed by atoms with Crippen LogP contribution in [0.2, 0.25) is 0 Å². The molecule has 168 valence electrons. The molecule has 0 unspecified atom stereocenters. The van der Waals surface area contributed by atoms with Crippen molar-refractivity contribution in [1.82, 2.24) is 0 Å². The van der Waals surface area contributed by atoms with Crippen molar-refractivity contribution < 1.29 is 19.1 Å². The number of ketones is 2. The Hall–Kier alpha value is -3.05. The molecule has 4 nitrogen and oxygen atoms in total. The number of benzene rings is 3. The minimum absolute atomic E-state index is 0.230. The molecule has 0 aromatic heterocycles. The summed E-state index contributed by atoms with van der Waals surface area (Å²) < 4.78 is 6.69. The second-order valence-corrected chi connectivity index (χ2v) is 10.2. The van der Waals surface area contributed by atoms with E-state index in [4.69, 9.17) is 4.74 Å². The predicted octanol–water partition coefficient (Wildman–Crippen LogP) is 6.59. The minimum Gasteiger partial charge on any atom is -0.456 e. The molecule has 0 amide bonds. The summed E-state index contributed by atoms with van der Waals surface area (Å²) in [5.74, 6) is -1.21. The lowest BCUT2D eigenvalue weighted by Crippen LogP contribution is -2.54. The summed E-state index contributed by atoms with van der Waals surface area (Å²) in [6, 6.07) is 24.4. The van der Waals surface area contributed by atoms with Crippen LogP contribution in [0, 0.1) is 10.8 Å². The lowest BCUT2D eigenvalue weighted by molar-refractivity contribution is -0.187. The number of carbonyl (C=O) groups is 3. The Morgan fingerprint density at radius 3 is 2.03 bits per heavy atom. The van der Waals surface area contributed by atoms with E-state index in [0.717, 1.165) is 21.2 Å². The molecule has 1 aliphatic heterocycles. The normalized spacial score (nSPS) is 22.0. The lowest BCUT2D eigenvalue weighted by Gasteiger charge is -2.44. The molecule has 3 aromatic rings. The molecule has 1 saturated heterocycles. The van der Waals surface area contributed by atoms with Crippen LogP contribution < -0.4 is 0 Å². The third-order valence-corrected chi connectivity index (χ3v) is 6.95. The van der Waals surface area contributed by atoms with E-state index >= 15 is 0 Å². The van der Waals surface area contributed by atoms with E-state index in [9.17, 15) is 14.4 Å². The first-order valence-corrected chi connectivity index (χ1v) is 11.6. The molecule has 0 bridgehead atoms. The van der Waals surface area contributed by atoms with Gasteiger partial charge >= 0.3 is 5.97 Å². The zero-order chi connectivity index (χ0) is 23.8. The molecule has 1 fully saturated rings. The summed E-state index contributed by atoms with van der Waals surface area (Å²) >= 11 is 3.39. The van der Waals surface area contributed by atoms with Gasteiger partial charge in [-0.15, -0.1) is 0 Å². The Kier molecular flexibility index (Phi) is 6.10. The summed E-state index contributed by atoms with van der Waals surface area (Å²) in [4.78, 5) is 39.7. The standard InChI is InChI=1S/C28H25BrO4/c1-27(2)24(21-13-15-22(29)16-14-21)33-26(32)28(3,25(27)31)17-23(30)20-11-9-19(10-12-20)18-7-5-4-6-8-18/h4-16,24H,17H2,1-3H3/t24-,28-/m0/s1. The molecule has 0 radical (unpaired) electrons. The average molecular weight is 505 g/mol. The Labute approximate surface area is 202 Å². The number of carbonyl (C=O) groups excluding carboxylic acids is 3. The van der Waals surface area contributed by atoms with Crippen molar-refractivity contribution >= 4 is 33.5 Å². The maximum atomic E-state index is 13.6. The van der Waals surface area contributed by atoms with Crippen LogP contribution in [-0.4, -0.2) is 17.5 Å². The van der Waals surface area contributed by atoms with E-state index in [-0.39, 0.29) is 18.0 Å². The molecule has 2 atom stereocenters. The Morgan fingerprint density at radius 2 is 1.42 bits per heavy atom. The van der Waals surface area contributed by atoms with E-state index in [1.807, 2.05) is 66.7 Å². The van der Waals surface area contributed by atoms with E-state index in [1.54, 1.807) is 26.0 Å². The van der Waals surface area contributed by atoms with Crippen LogP contribution in [-0.2, 0) is 14.3 Å². The Bertz CT molecular complexity index is 1200. The van der Waals surface area contributed by atoms with Crippen molar-refractivity contribution in [2.45, 2.75) is 33.3 Å². The number of cyclic esters (lactones) is 1. The summed E-state index contributed by atoms with van der Waals surface area (Å²) in [6.07, 6.45) is -0.940. The van der Waals surface area contributed by atoms with Gasteiger partial charge in [0.2, 0.25) is 0 Å². The van der Waals surface area contributed by atoms with Crippen LogP contribution in [0.4, 0.5) is 0 Å². The van der Waals surface area contributed by atoms with Gasteiger partial charge in [0.25, 0.3) is 0 Å². The highest BCUT2D eigenvalue weighted by molar-refractivity contribution is 9.10. The molecule has 3 aromatic carbocycles. The van der Waals surface area contributed by atoms with Crippen LogP contribution in [0.5, 0.6) is 0 Å². The fraction of sp³-hybridized carbons (Fsp3) is 0.250. The molecule has 0 spiro atoms. The third-order valence-electron chi connectivity index (χ3n) is 6.42. The molecule has 0 N–H and O–H groups in total. The Morgan fingerprint density at radius 1 is 0.848 bits per heavy atom. The van der Waals surface area contributed by atoms with Crippen LogP contribution in [0.15, 0.2) is 83.3 Å². The number of Topliss-reactive ketones (excluding diaryl/α,β-unsaturated/α-hetero) is 2. The molecule has 5 heteroatoms. The van der Waals surface area contributed by atoms with Gasteiger partial charge in [-0.25, -0.2) is 0 Å². The van der Waals surface area contributed by atoms with Gasteiger partial charge < -0.3 is 4.74 Å². The zero-order valence-electron chi connectivity index (χ0n) is 18.8. The van der Waals surface area contributed by atoms with Crippen molar-refractivity contribution in [3.63, 3.8) is 0 Å². The molecule has 4 rings (SSSR count). The van der Waals surface area contributed by atoms with Gasteiger partial charge in [-0.2, -0.15) is 0 Å². The lowest BCUT2D eigenvalue weighted by atomic mass is 9.64. The maximum Gasteiger partial charge on any atom is 0.320 e. The van der Waals surface area contributed by atoms with Gasteiger partial charge in [0, 0.05) is 16.5 Å². The highest BCUT2D eigenvalue weighted by atomic mass is 79.9. The van der Waals surface area contributed by atoms with E-state index in [0.29, 0.717) is 5.56 Å². The van der Waals surface area contributed by atoms with Crippen LogP contribution in [0.1, 0.15) is 49.2 Å². The molecule has 0 saturated carbocycles.